The number of allylic oxidation sites excluding steroid dienone is 1. The predicted molar refractivity (Wildman–Crippen MR) is 249 cm³/mol. The number of thioether (sulfide) groups is 1. The van der Waals surface area contributed by atoms with Gasteiger partial charge in [0.1, 0.15) is 17.5 Å². The van der Waals surface area contributed by atoms with Crippen molar-refractivity contribution in [3.8, 4) is 5.75 Å². The van der Waals surface area contributed by atoms with Gasteiger partial charge in [-0.25, -0.2) is 0 Å². The monoisotopic (exact) mass is 962 g/mol. The molecule has 16 nitrogen and oxygen atoms in total. The third kappa shape index (κ3) is 14.4. The molecule has 0 amide bonds. The molecule has 1 fully saturated rings. The van der Waals surface area contributed by atoms with E-state index >= 15 is 0 Å². The van der Waals surface area contributed by atoms with Crippen LogP contribution in [-0.2, 0) is 77.1 Å². The van der Waals surface area contributed by atoms with Crippen LogP contribution in [-0.4, -0.2) is 129 Å². The Labute approximate surface area is 400 Å². The fourth-order valence-corrected chi connectivity index (χ4v) is 10.2. The predicted octanol–water partition coefficient (Wildman–Crippen LogP) is 7.26. The number of hydrogen-bond donors (Lipinski definition) is 0. The van der Waals surface area contributed by atoms with E-state index in [0.29, 0.717) is 11.3 Å². The first-order chi connectivity index (χ1) is 31.4. The van der Waals surface area contributed by atoms with Crippen LogP contribution in [0.2, 0.25) is 0 Å². The first-order valence-corrected chi connectivity index (χ1v) is 24.2. The summed E-state index contributed by atoms with van der Waals surface area (Å²) in [4.78, 5) is 67.6. The zero-order valence-electron chi connectivity index (χ0n) is 41.9. The largest absolute Gasteiger partial charge is 0.497 e. The maximum Gasteiger partial charge on any atom is 0.316 e. The van der Waals surface area contributed by atoms with E-state index < -0.39 is 114 Å². The van der Waals surface area contributed by atoms with E-state index in [0.717, 1.165) is 11.3 Å². The molecule has 0 bridgehead atoms. The first-order valence-electron chi connectivity index (χ1n) is 23.0. The minimum absolute atomic E-state index is 0.0171. The molecular weight excluding hydrogens is 889 g/mol. The molecule has 0 spiro atoms. The number of Topliss-reactive ketones (excluding diaryl/α,β-unsaturated/α-hetero) is 1. The lowest BCUT2D eigenvalue weighted by Gasteiger charge is -2.49. The minimum Gasteiger partial charge on any atom is -0.497 e. The Kier molecular flexibility index (Phi) is 20.1. The van der Waals surface area contributed by atoms with Crippen LogP contribution in [0.3, 0.4) is 0 Å². The highest BCUT2D eigenvalue weighted by Gasteiger charge is 2.53. The number of carbonyl (C=O) groups is 5. The highest BCUT2D eigenvalue weighted by atomic mass is 32.2. The van der Waals surface area contributed by atoms with Crippen molar-refractivity contribution in [3.63, 3.8) is 0 Å². The third-order valence-electron chi connectivity index (χ3n) is 13.0. The molecule has 0 aliphatic carbocycles. The lowest BCUT2D eigenvalue weighted by atomic mass is 9.76. The number of cyclic esters (lactones) is 1. The van der Waals surface area contributed by atoms with Gasteiger partial charge in [-0.3, -0.25) is 24.0 Å². The SMILES string of the molecule is CC[C@H]1OC(=O)[C@H](C)[C@@H](O[C@H]2C[C@@](C)(OC)[C@@H](OC(C)=O)[C@H](C)O2)[C@H](C)[C@@H](O[C@@H]2O[C@H](C)C=C[C@H]2OC(C)=O)[C@](C)(OC)C[C@@H](C)C(=O)C(C)=C[C@]1(C)OC(=O)CSCc1ccc(OC)cc1. The highest BCUT2D eigenvalue weighted by molar-refractivity contribution is 7.99. The molecule has 0 saturated carbocycles. The van der Waals surface area contributed by atoms with Gasteiger partial charge in [0, 0.05) is 52.1 Å². The smallest absolute Gasteiger partial charge is 0.316 e. The van der Waals surface area contributed by atoms with Gasteiger partial charge in [0.2, 0.25) is 0 Å². The molecule has 376 valence electrons. The Morgan fingerprint density at radius 2 is 1.45 bits per heavy atom. The van der Waals surface area contributed by atoms with Crippen LogP contribution >= 0.6 is 11.8 Å². The number of ketones is 1. The summed E-state index contributed by atoms with van der Waals surface area (Å²) in [6.45, 7) is 20.1. The summed E-state index contributed by atoms with van der Waals surface area (Å²) in [6.07, 6.45) is -2.74. The Hall–Kier alpha value is -3.84. The standard InChI is InChI=1S/C50H74O16S/c1-16-39-48(10,66-40(53)27-67-26-36-18-20-37(56-13)21-19-36)23-28(2)42(54)29(3)24-49(11,57-14)44(65-47-38(61-34(8)51)22-17-30(4)59-47)31(5)43(32(6)46(55)63-39)64-41-25-50(12,58-15)45(33(7)60-41)62-35(9)52/h17-23,29-33,38-39,41,43-45,47H,16,24-27H2,1-15H3/t29-,30-,31+,32-,33+,38-,39-,41+,43+,44-,45+,47+,48+,49-,50-/m1/s1. The average Bonchev–Trinajstić information content (AvgIpc) is 3.27. The summed E-state index contributed by atoms with van der Waals surface area (Å²) in [6, 6.07) is 7.53. The van der Waals surface area contributed by atoms with Crippen LogP contribution in [0.4, 0.5) is 0 Å². The number of hydrogen-bond acceptors (Lipinski definition) is 17. The van der Waals surface area contributed by atoms with Crippen LogP contribution in [0.1, 0.15) is 108 Å². The summed E-state index contributed by atoms with van der Waals surface area (Å²) < 4.78 is 68.0. The third-order valence-corrected chi connectivity index (χ3v) is 14.0. The van der Waals surface area contributed by atoms with Crippen LogP contribution in [0.15, 0.2) is 48.1 Å². The number of methoxy groups -OCH3 is 3. The van der Waals surface area contributed by atoms with Crippen molar-refractivity contribution < 1.29 is 76.1 Å². The van der Waals surface area contributed by atoms with E-state index in [4.69, 9.17) is 52.1 Å². The molecule has 0 radical (unpaired) electrons. The fraction of sp³-hybridized carbons (Fsp3) is 0.700. The van der Waals surface area contributed by atoms with Gasteiger partial charge in [0.15, 0.2) is 36.2 Å². The first kappa shape index (κ1) is 55.8. The lowest BCUT2D eigenvalue weighted by molar-refractivity contribution is -0.311. The Balaban J connectivity index is 1.82. The van der Waals surface area contributed by atoms with Crippen molar-refractivity contribution in [1.29, 1.82) is 0 Å². The molecule has 0 N–H and O–H groups in total. The zero-order valence-corrected chi connectivity index (χ0v) is 42.8. The number of carbonyl (C=O) groups excluding carboxylic acids is 5. The van der Waals surface area contributed by atoms with Gasteiger partial charge in [-0.2, -0.15) is 0 Å². The molecular formula is C50H74O16S. The van der Waals surface area contributed by atoms with Crippen molar-refractivity contribution in [3.05, 3.63) is 53.6 Å². The molecule has 0 unspecified atom stereocenters. The van der Waals surface area contributed by atoms with Crippen molar-refractivity contribution >= 4 is 41.4 Å². The maximum atomic E-state index is 14.8. The molecule has 1 saturated heterocycles. The van der Waals surface area contributed by atoms with E-state index in [1.54, 1.807) is 80.7 Å². The summed E-state index contributed by atoms with van der Waals surface area (Å²) in [5.74, 6) is -3.89. The molecule has 3 heterocycles. The van der Waals surface area contributed by atoms with Gasteiger partial charge < -0.3 is 52.1 Å². The lowest BCUT2D eigenvalue weighted by Crippen LogP contribution is -2.60. The van der Waals surface area contributed by atoms with Gasteiger partial charge in [-0.05, 0) is 96.7 Å². The number of esters is 4. The Bertz CT molecular complexity index is 1920. The highest BCUT2D eigenvalue weighted by Crippen LogP contribution is 2.42. The van der Waals surface area contributed by atoms with Crippen LogP contribution < -0.4 is 4.74 Å². The van der Waals surface area contributed by atoms with E-state index in [2.05, 4.69) is 0 Å². The molecule has 3 aliphatic heterocycles. The van der Waals surface area contributed by atoms with E-state index in [9.17, 15) is 24.0 Å². The molecule has 1 aromatic carbocycles. The molecule has 17 heteroatoms. The van der Waals surface area contributed by atoms with Crippen molar-refractivity contribution in [1.82, 2.24) is 0 Å². The number of benzene rings is 1. The van der Waals surface area contributed by atoms with E-state index in [1.807, 2.05) is 38.1 Å². The topological polar surface area (TPSA) is 187 Å². The second-order valence-electron chi connectivity index (χ2n) is 18.6. The molecule has 67 heavy (non-hydrogen) atoms. The minimum atomic E-state index is -1.58. The van der Waals surface area contributed by atoms with Gasteiger partial charge >= 0.3 is 23.9 Å². The normalized spacial score (nSPS) is 36.5. The van der Waals surface area contributed by atoms with Crippen LogP contribution in [0, 0.1) is 17.8 Å². The molecule has 3 aliphatic rings. The second-order valence-corrected chi connectivity index (χ2v) is 19.6. The molecule has 15 atom stereocenters. The van der Waals surface area contributed by atoms with Crippen LogP contribution in [0.25, 0.3) is 0 Å². The summed E-state index contributed by atoms with van der Waals surface area (Å²) in [7, 11) is 4.61. The van der Waals surface area contributed by atoms with Gasteiger partial charge in [-0.15, -0.1) is 11.8 Å². The average molecular weight is 963 g/mol. The van der Waals surface area contributed by atoms with Crippen molar-refractivity contribution in [2.45, 2.75) is 180 Å². The Morgan fingerprint density at radius 1 is 0.821 bits per heavy atom. The quantitative estimate of drug-likeness (QED) is 0.0970. The second kappa shape index (κ2) is 24.1. The zero-order chi connectivity index (χ0) is 50.0. The molecule has 1 aromatic rings. The summed E-state index contributed by atoms with van der Waals surface area (Å²) in [5.41, 5.74) is -2.67. The molecule has 4 rings (SSSR count). The van der Waals surface area contributed by atoms with Crippen molar-refractivity contribution in [2.75, 3.05) is 27.1 Å². The van der Waals surface area contributed by atoms with E-state index in [1.165, 1.54) is 39.8 Å². The molecule has 0 aromatic heterocycles. The van der Waals surface area contributed by atoms with Gasteiger partial charge in [0.25, 0.3) is 0 Å². The number of ether oxygens (including phenoxy) is 11. The summed E-state index contributed by atoms with van der Waals surface area (Å²) in [5, 5.41) is 0. The summed E-state index contributed by atoms with van der Waals surface area (Å²) >= 11 is 1.36. The number of rotatable bonds is 15. The van der Waals surface area contributed by atoms with E-state index in [-0.39, 0.29) is 30.8 Å². The van der Waals surface area contributed by atoms with Crippen molar-refractivity contribution in [2.24, 2.45) is 17.8 Å². The maximum absolute atomic E-state index is 14.8. The van der Waals surface area contributed by atoms with Gasteiger partial charge in [0.05, 0.1) is 48.8 Å². The Morgan fingerprint density at radius 3 is 2.03 bits per heavy atom. The fourth-order valence-electron chi connectivity index (χ4n) is 9.41. The van der Waals surface area contributed by atoms with Crippen LogP contribution in [0.5, 0.6) is 5.75 Å². The van der Waals surface area contributed by atoms with Gasteiger partial charge in [-0.1, -0.05) is 39.0 Å².